The molecule has 0 aliphatic carbocycles. The molecule has 2 unspecified atom stereocenters. The zero-order valence-electron chi connectivity index (χ0n) is 23.6. The number of non-ortho nitro benzene ring substituents is 1. The first-order valence-electron chi connectivity index (χ1n) is 13.4. The number of hydrogen-bond acceptors (Lipinski definition) is 10. The summed E-state index contributed by atoms with van der Waals surface area (Å²) in [5.41, 5.74) is 1.11. The van der Waals surface area contributed by atoms with Crippen molar-refractivity contribution in [3.05, 3.63) is 102 Å². The standard InChI is InChI=1S/C30H23ClN4O8S2/c1-42-20-12-3-15(13-21(20)43-2)23-24-25(28(38)34(27(24)37)18-8-10-19(11-9-18)35(40)41)44-29-26(23)45-30(39)33(29)14-22(36)32-17-6-4-16(31)5-7-17/h3-13,23-25H,14H2,1-2H3,(H,32,36)/t23-,24?,25?/m1/s1. The van der Waals surface area contributed by atoms with E-state index in [9.17, 15) is 29.3 Å². The highest BCUT2D eigenvalue weighted by Gasteiger charge is 2.57. The van der Waals surface area contributed by atoms with Crippen LogP contribution in [0.4, 0.5) is 17.1 Å². The van der Waals surface area contributed by atoms with Crippen molar-refractivity contribution in [2.75, 3.05) is 24.4 Å². The van der Waals surface area contributed by atoms with Gasteiger partial charge in [0.05, 0.1) is 35.8 Å². The van der Waals surface area contributed by atoms with E-state index >= 15 is 0 Å². The Bertz CT molecular complexity index is 1910. The molecule has 1 fully saturated rings. The molecule has 4 aromatic rings. The van der Waals surface area contributed by atoms with Gasteiger partial charge in [-0.25, -0.2) is 4.90 Å². The molecule has 3 heterocycles. The van der Waals surface area contributed by atoms with Crippen LogP contribution in [0, 0.1) is 16.0 Å². The second-order valence-corrected chi connectivity index (χ2v) is 12.7. The maximum Gasteiger partial charge on any atom is 0.308 e. The summed E-state index contributed by atoms with van der Waals surface area (Å²) in [6.45, 7) is -0.329. The number of methoxy groups -OCH3 is 2. The summed E-state index contributed by atoms with van der Waals surface area (Å²) in [5.74, 6) is -2.33. The van der Waals surface area contributed by atoms with Crippen LogP contribution in [0.15, 0.2) is 76.6 Å². The van der Waals surface area contributed by atoms with Crippen molar-refractivity contribution in [1.82, 2.24) is 4.57 Å². The van der Waals surface area contributed by atoms with E-state index in [1.807, 2.05) is 0 Å². The normalized spacial score (nSPS) is 18.7. The molecule has 1 aromatic heterocycles. The Morgan fingerprint density at radius 3 is 2.31 bits per heavy atom. The predicted molar refractivity (Wildman–Crippen MR) is 169 cm³/mol. The lowest BCUT2D eigenvalue weighted by Crippen LogP contribution is -2.33. The molecule has 3 aromatic carbocycles. The van der Waals surface area contributed by atoms with E-state index in [1.165, 1.54) is 43.1 Å². The average Bonchev–Trinajstić information content (AvgIpc) is 3.47. The van der Waals surface area contributed by atoms with Crippen molar-refractivity contribution in [3.8, 4) is 11.5 Å². The Morgan fingerprint density at radius 1 is 0.978 bits per heavy atom. The smallest absolute Gasteiger partial charge is 0.308 e. The number of rotatable bonds is 8. The SMILES string of the molecule is COc1ccc([C@H]2c3sc(=O)n(CC(=O)Nc4ccc(Cl)cc4)c3SC3C(=O)N(c4ccc([N+](=O)[O-])cc4)C(=O)C32)cc1OC. The number of imide groups is 1. The quantitative estimate of drug-likeness (QED) is 0.157. The summed E-state index contributed by atoms with van der Waals surface area (Å²) >= 11 is 7.91. The van der Waals surface area contributed by atoms with Crippen LogP contribution in [0.5, 0.6) is 11.5 Å². The predicted octanol–water partition coefficient (Wildman–Crippen LogP) is 4.92. The van der Waals surface area contributed by atoms with Gasteiger partial charge in [0.25, 0.3) is 5.69 Å². The monoisotopic (exact) mass is 666 g/mol. The molecule has 1 saturated heterocycles. The van der Waals surface area contributed by atoms with Crippen LogP contribution in [0.1, 0.15) is 16.4 Å². The first-order valence-corrected chi connectivity index (χ1v) is 15.5. The number of hydrogen-bond donors (Lipinski definition) is 1. The summed E-state index contributed by atoms with van der Waals surface area (Å²) in [6.07, 6.45) is 0. The average molecular weight is 667 g/mol. The van der Waals surface area contributed by atoms with Gasteiger partial charge < -0.3 is 14.8 Å². The fourth-order valence-electron chi connectivity index (χ4n) is 5.52. The minimum absolute atomic E-state index is 0.184. The third-order valence-electron chi connectivity index (χ3n) is 7.56. The molecule has 45 heavy (non-hydrogen) atoms. The number of nitrogens with zero attached hydrogens (tertiary/aromatic N) is 3. The summed E-state index contributed by atoms with van der Waals surface area (Å²) in [6, 6.07) is 16.8. The second kappa shape index (κ2) is 12.0. The zero-order chi connectivity index (χ0) is 32.0. The lowest BCUT2D eigenvalue weighted by Gasteiger charge is -2.31. The molecule has 230 valence electrons. The number of amides is 3. The maximum atomic E-state index is 14.1. The summed E-state index contributed by atoms with van der Waals surface area (Å²) in [7, 11) is 2.96. The van der Waals surface area contributed by atoms with Gasteiger partial charge in [0.15, 0.2) is 11.5 Å². The Labute approximate surface area is 268 Å². The van der Waals surface area contributed by atoms with Crippen molar-refractivity contribution in [1.29, 1.82) is 0 Å². The highest BCUT2D eigenvalue weighted by atomic mass is 35.5. The van der Waals surface area contributed by atoms with Crippen molar-refractivity contribution >= 4 is 69.5 Å². The molecule has 0 radical (unpaired) electrons. The van der Waals surface area contributed by atoms with E-state index < -0.39 is 44.6 Å². The van der Waals surface area contributed by atoms with Gasteiger partial charge in [-0.05, 0) is 54.1 Å². The van der Waals surface area contributed by atoms with Crippen molar-refractivity contribution in [3.63, 3.8) is 0 Å². The molecule has 1 N–H and O–H groups in total. The van der Waals surface area contributed by atoms with Gasteiger partial charge in [0, 0.05) is 33.6 Å². The molecule has 2 aliphatic rings. The van der Waals surface area contributed by atoms with Gasteiger partial charge in [-0.1, -0.05) is 40.8 Å². The highest BCUT2D eigenvalue weighted by molar-refractivity contribution is 8.00. The van der Waals surface area contributed by atoms with Gasteiger partial charge in [0.2, 0.25) is 17.7 Å². The molecule has 12 nitrogen and oxygen atoms in total. The number of carbonyl (C=O) groups is 3. The fraction of sp³-hybridized carbons (Fsp3) is 0.200. The number of thiazole rings is 1. The van der Waals surface area contributed by atoms with Gasteiger partial charge in [0.1, 0.15) is 11.8 Å². The molecular formula is C30H23ClN4O8S2. The third-order valence-corrected chi connectivity index (χ3v) is 10.4. The number of anilines is 2. The van der Waals surface area contributed by atoms with E-state index in [0.717, 1.165) is 28.0 Å². The lowest BCUT2D eigenvalue weighted by molar-refractivity contribution is -0.384. The van der Waals surface area contributed by atoms with Gasteiger partial charge in [-0.2, -0.15) is 0 Å². The molecule has 6 rings (SSSR count). The fourth-order valence-corrected chi connectivity index (χ4v) is 8.42. The molecule has 15 heteroatoms. The number of aromatic nitrogens is 1. The molecule has 2 aliphatic heterocycles. The third kappa shape index (κ3) is 5.45. The Balaban J connectivity index is 1.43. The van der Waals surface area contributed by atoms with Crippen LogP contribution >= 0.6 is 34.7 Å². The number of carbonyl (C=O) groups excluding carboxylic acids is 3. The van der Waals surface area contributed by atoms with Crippen LogP contribution in [-0.2, 0) is 20.9 Å². The minimum Gasteiger partial charge on any atom is -0.493 e. The summed E-state index contributed by atoms with van der Waals surface area (Å²) < 4.78 is 12.2. The first kappa shape index (κ1) is 30.4. The van der Waals surface area contributed by atoms with Crippen molar-refractivity contribution in [2.45, 2.75) is 22.7 Å². The van der Waals surface area contributed by atoms with E-state index in [2.05, 4.69) is 5.32 Å². The molecule has 0 bridgehead atoms. The molecular weight excluding hydrogens is 644 g/mol. The van der Waals surface area contributed by atoms with Crippen molar-refractivity contribution < 1.29 is 28.8 Å². The van der Waals surface area contributed by atoms with Crippen LogP contribution in [0.3, 0.4) is 0 Å². The molecule has 0 saturated carbocycles. The van der Waals surface area contributed by atoms with Crippen LogP contribution in [0.25, 0.3) is 0 Å². The van der Waals surface area contributed by atoms with E-state index in [-0.39, 0.29) is 17.9 Å². The van der Waals surface area contributed by atoms with Gasteiger partial charge in [-0.3, -0.25) is 33.9 Å². The molecule has 3 atom stereocenters. The number of fused-ring (bicyclic) bond motifs is 2. The number of nitro groups is 1. The number of benzene rings is 3. The highest BCUT2D eigenvalue weighted by Crippen LogP contribution is 2.54. The summed E-state index contributed by atoms with van der Waals surface area (Å²) in [4.78, 5) is 66.2. The molecule has 0 spiro atoms. The number of ether oxygens (including phenoxy) is 2. The first-order chi connectivity index (χ1) is 21.6. The zero-order valence-corrected chi connectivity index (χ0v) is 26.0. The summed E-state index contributed by atoms with van der Waals surface area (Å²) in [5, 5.41) is 13.9. The second-order valence-electron chi connectivity index (χ2n) is 10.1. The Kier molecular flexibility index (Phi) is 8.12. The number of nitrogens with one attached hydrogen (secondary N) is 1. The molecule has 3 amide bonds. The van der Waals surface area contributed by atoms with Gasteiger partial charge >= 0.3 is 4.87 Å². The van der Waals surface area contributed by atoms with Crippen LogP contribution < -0.4 is 24.6 Å². The topological polar surface area (TPSA) is 150 Å². The number of thioether (sulfide) groups is 1. The number of halogens is 1. The van der Waals surface area contributed by atoms with E-state index in [0.29, 0.717) is 37.7 Å². The minimum atomic E-state index is -0.946. The van der Waals surface area contributed by atoms with Crippen LogP contribution in [-0.4, -0.2) is 46.7 Å². The largest absolute Gasteiger partial charge is 0.493 e. The maximum absolute atomic E-state index is 14.1. The number of nitro benzene ring substituents is 1. The Morgan fingerprint density at radius 2 is 1.67 bits per heavy atom. The van der Waals surface area contributed by atoms with E-state index in [1.54, 1.807) is 42.5 Å². The van der Waals surface area contributed by atoms with Gasteiger partial charge in [-0.15, -0.1) is 0 Å². The lowest BCUT2D eigenvalue weighted by atomic mass is 9.83. The van der Waals surface area contributed by atoms with E-state index in [4.69, 9.17) is 21.1 Å². The van der Waals surface area contributed by atoms with Crippen LogP contribution in [0.2, 0.25) is 5.02 Å². The Hall–Kier alpha value is -4.66. The van der Waals surface area contributed by atoms with Crippen molar-refractivity contribution in [2.24, 2.45) is 5.92 Å².